The molecule has 0 bridgehead atoms. The standard InChI is InChI=1S/C26H44N6O3/c1-19(2)25(34)31-14-8-26(9-15-31)16-22(24-28-21(4)29-35-24)32(18-26)17-23(33)27-10-5-11-30-12-6-20(3)7-13-30/h19-20,22H,5-18H2,1-4H3,(H,27,33). The Morgan fingerprint density at radius 2 is 1.89 bits per heavy atom. The van der Waals surface area contributed by atoms with Gasteiger partial charge in [-0.05, 0) is 76.4 Å². The molecule has 196 valence electrons. The molecule has 3 fully saturated rings. The van der Waals surface area contributed by atoms with Gasteiger partial charge in [0.1, 0.15) is 0 Å². The summed E-state index contributed by atoms with van der Waals surface area (Å²) in [5.41, 5.74) is 0.0759. The van der Waals surface area contributed by atoms with E-state index in [1.54, 1.807) is 0 Å². The van der Waals surface area contributed by atoms with Gasteiger partial charge >= 0.3 is 0 Å². The van der Waals surface area contributed by atoms with Crippen molar-refractivity contribution in [3.05, 3.63) is 11.7 Å². The number of hydrogen-bond acceptors (Lipinski definition) is 7. The first-order valence-corrected chi connectivity index (χ1v) is 13.6. The third-order valence-electron chi connectivity index (χ3n) is 8.26. The van der Waals surface area contributed by atoms with Crippen LogP contribution in [-0.4, -0.2) is 89.0 Å². The van der Waals surface area contributed by atoms with Crippen LogP contribution in [0.5, 0.6) is 0 Å². The number of aromatic nitrogens is 2. The molecule has 0 aromatic carbocycles. The molecule has 1 aromatic rings. The minimum atomic E-state index is -0.0513. The summed E-state index contributed by atoms with van der Waals surface area (Å²) in [4.78, 5) is 36.6. The molecule has 1 spiro atoms. The van der Waals surface area contributed by atoms with Crippen LogP contribution in [0.4, 0.5) is 0 Å². The van der Waals surface area contributed by atoms with E-state index >= 15 is 0 Å². The summed E-state index contributed by atoms with van der Waals surface area (Å²) >= 11 is 0. The largest absolute Gasteiger partial charge is 0.355 e. The van der Waals surface area contributed by atoms with Crippen LogP contribution < -0.4 is 5.32 Å². The summed E-state index contributed by atoms with van der Waals surface area (Å²) in [5, 5.41) is 7.14. The van der Waals surface area contributed by atoms with E-state index in [2.05, 4.69) is 32.2 Å². The first-order valence-electron chi connectivity index (χ1n) is 13.6. The second kappa shape index (κ2) is 11.4. The molecular formula is C26H44N6O3. The van der Waals surface area contributed by atoms with E-state index in [1.165, 1.54) is 25.9 Å². The second-order valence-corrected chi connectivity index (χ2v) is 11.5. The van der Waals surface area contributed by atoms with Crippen LogP contribution >= 0.6 is 0 Å². The lowest BCUT2D eigenvalue weighted by Gasteiger charge is -2.40. The Morgan fingerprint density at radius 1 is 1.17 bits per heavy atom. The maximum Gasteiger partial charge on any atom is 0.244 e. The number of amides is 2. The van der Waals surface area contributed by atoms with E-state index in [0.29, 0.717) is 24.8 Å². The quantitative estimate of drug-likeness (QED) is 0.562. The van der Waals surface area contributed by atoms with Crippen LogP contribution in [0.25, 0.3) is 0 Å². The fourth-order valence-electron chi connectivity index (χ4n) is 5.99. The van der Waals surface area contributed by atoms with Crippen LogP contribution in [0.2, 0.25) is 0 Å². The topological polar surface area (TPSA) is 94.8 Å². The van der Waals surface area contributed by atoms with E-state index < -0.39 is 0 Å². The third-order valence-corrected chi connectivity index (χ3v) is 8.26. The second-order valence-electron chi connectivity index (χ2n) is 11.5. The Bertz CT molecular complexity index is 855. The van der Waals surface area contributed by atoms with Crippen LogP contribution in [0, 0.1) is 24.2 Å². The van der Waals surface area contributed by atoms with Gasteiger partial charge in [-0.2, -0.15) is 4.98 Å². The number of piperidine rings is 2. The average Bonchev–Trinajstić information content (AvgIpc) is 3.41. The number of aryl methyl sites for hydroxylation is 1. The zero-order valence-corrected chi connectivity index (χ0v) is 22.1. The highest BCUT2D eigenvalue weighted by Crippen LogP contribution is 2.48. The van der Waals surface area contributed by atoms with Crippen molar-refractivity contribution in [2.75, 3.05) is 52.4 Å². The minimum Gasteiger partial charge on any atom is -0.355 e. The van der Waals surface area contributed by atoms with Crippen LogP contribution in [0.3, 0.4) is 0 Å². The van der Waals surface area contributed by atoms with Crippen molar-refractivity contribution in [3.63, 3.8) is 0 Å². The molecule has 9 nitrogen and oxygen atoms in total. The lowest BCUT2D eigenvalue weighted by molar-refractivity contribution is -0.136. The summed E-state index contributed by atoms with van der Waals surface area (Å²) in [5.74, 6) is 2.39. The Hall–Kier alpha value is -2.00. The predicted molar refractivity (Wildman–Crippen MR) is 134 cm³/mol. The van der Waals surface area contributed by atoms with Crippen molar-refractivity contribution < 1.29 is 14.1 Å². The molecule has 1 N–H and O–H groups in total. The van der Waals surface area contributed by atoms with E-state index in [4.69, 9.17) is 4.52 Å². The fourth-order valence-corrected chi connectivity index (χ4v) is 5.99. The molecule has 1 atom stereocenters. The highest BCUT2D eigenvalue weighted by Gasteiger charge is 2.48. The molecule has 3 aliphatic rings. The zero-order chi connectivity index (χ0) is 25.0. The summed E-state index contributed by atoms with van der Waals surface area (Å²) in [6.45, 7) is 14.9. The molecular weight excluding hydrogens is 444 g/mol. The van der Waals surface area contributed by atoms with Gasteiger partial charge in [0, 0.05) is 32.1 Å². The molecule has 1 aromatic heterocycles. The molecule has 35 heavy (non-hydrogen) atoms. The number of nitrogens with zero attached hydrogens (tertiary/aromatic N) is 5. The van der Waals surface area contributed by atoms with Gasteiger partial charge in [-0.1, -0.05) is 25.9 Å². The molecule has 4 heterocycles. The van der Waals surface area contributed by atoms with Gasteiger partial charge in [0.15, 0.2) is 5.82 Å². The highest BCUT2D eigenvalue weighted by molar-refractivity contribution is 5.78. The van der Waals surface area contributed by atoms with E-state index in [0.717, 1.165) is 57.8 Å². The Balaban J connectivity index is 1.30. The molecule has 3 saturated heterocycles. The lowest BCUT2D eigenvalue weighted by atomic mass is 9.76. The Morgan fingerprint density at radius 3 is 2.51 bits per heavy atom. The number of carbonyl (C=O) groups excluding carboxylic acids is 2. The van der Waals surface area contributed by atoms with Crippen LogP contribution in [-0.2, 0) is 9.59 Å². The summed E-state index contributed by atoms with van der Waals surface area (Å²) in [6.07, 6.45) is 6.32. The van der Waals surface area contributed by atoms with Gasteiger partial charge < -0.3 is 19.6 Å². The maximum absolute atomic E-state index is 12.9. The number of rotatable bonds is 8. The minimum absolute atomic E-state index is 0.0282. The van der Waals surface area contributed by atoms with Crippen LogP contribution in [0.15, 0.2) is 4.52 Å². The van der Waals surface area contributed by atoms with Gasteiger partial charge in [0.05, 0.1) is 12.6 Å². The fraction of sp³-hybridized carbons (Fsp3) is 0.846. The van der Waals surface area contributed by atoms with Crippen LogP contribution in [0.1, 0.15) is 77.1 Å². The highest BCUT2D eigenvalue weighted by atomic mass is 16.5. The average molecular weight is 489 g/mol. The van der Waals surface area contributed by atoms with Gasteiger partial charge in [0.25, 0.3) is 0 Å². The van der Waals surface area contributed by atoms with Crippen molar-refractivity contribution in [1.82, 2.24) is 30.2 Å². The first kappa shape index (κ1) is 26.1. The van der Waals surface area contributed by atoms with Gasteiger partial charge in [0.2, 0.25) is 17.7 Å². The number of nitrogens with one attached hydrogen (secondary N) is 1. The molecule has 4 rings (SSSR count). The zero-order valence-electron chi connectivity index (χ0n) is 22.1. The van der Waals surface area contributed by atoms with Gasteiger partial charge in [-0.15, -0.1) is 0 Å². The number of likely N-dealkylation sites (tertiary alicyclic amines) is 3. The molecule has 0 radical (unpaired) electrons. The lowest BCUT2D eigenvalue weighted by Crippen LogP contribution is -2.46. The third kappa shape index (κ3) is 6.61. The smallest absolute Gasteiger partial charge is 0.244 e. The van der Waals surface area contributed by atoms with Crippen molar-refractivity contribution in [3.8, 4) is 0 Å². The molecule has 2 amide bonds. The van der Waals surface area contributed by atoms with Crippen molar-refractivity contribution >= 4 is 11.8 Å². The van der Waals surface area contributed by atoms with Crippen molar-refractivity contribution in [2.24, 2.45) is 17.3 Å². The normalized spacial score (nSPS) is 23.9. The van der Waals surface area contributed by atoms with Gasteiger partial charge in [-0.3, -0.25) is 14.5 Å². The first-order chi connectivity index (χ1) is 16.7. The molecule has 1 unspecified atom stereocenters. The number of carbonyl (C=O) groups is 2. The Kier molecular flexibility index (Phi) is 8.47. The summed E-state index contributed by atoms with van der Waals surface area (Å²) in [7, 11) is 0. The summed E-state index contributed by atoms with van der Waals surface area (Å²) < 4.78 is 5.55. The predicted octanol–water partition coefficient (Wildman–Crippen LogP) is 2.63. The molecule has 0 saturated carbocycles. The molecule has 3 aliphatic heterocycles. The van der Waals surface area contributed by atoms with Crippen molar-refractivity contribution in [1.29, 1.82) is 0 Å². The van der Waals surface area contributed by atoms with Gasteiger partial charge in [-0.25, -0.2) is 0 Å². The molecule has 0 aliphatic carbocycles. The SMILES string of the molecule is Cc1noc(C2CC3(CCN(C(=O)C(C)C)CC3)CN2CC(=O)NCCCN2CCC(C)CC2)n1. The maximum atomic E-state index is 12.9. The monoisotopic (exact) mass is 488 g/mol. The number of hydrogen-bond donors (Lipinski definition) is 1. The van der Waals surface area contributed by atoms with E-state index in [1.807, 2.05) is 25.7 Å². The van der Waals surface area contributed by atoms with Crippen molar-refractivity contribution in [2.45, 2.75) is 72.3 Å². The molecule has 9 heteroatoms. The summed E-state index contributed by atoms with van der Waals surface area (Å²) in [6, 6.07) is -0.0513. The van der Waals surface area contributed by atoms with E-state index in [-0.39, 0.29) is 29.2 Å². The Labute approximate surface area is 210 Å². The van der Waals surface area contributed by atoms with E-state index in [9.17, 15) is 9.59 Å².